The summed E-state index contributed by atoms with van der Waals surface area (Å²) in [5.41, 5.74) is -5.87. The zero-order chi connectivity index (χ0) is 80.4. The molecule has 0 radical (unpaired) electrons. The van der Waals surface area contributed by atoms with Crippen molar-refractivity contribution in [1.29, 1.82) is 0 Å². The van der Waals surface area contributed by atoms with Crippen molar-refractivity contribution < 1.29 is 96.5 Å². The Morgan fingerprint density at radius 2 is 0.853 bits per heavy atom. The minimum atomic E-state index is -4.36. The molecule has 2 atom stereocenters. The van der Waals surface area contributed by atoms with Crippen LogP contribution in [0.1, 0.15) is 131 Å². The summed E-state index contributed by atoms with van der Waals surface area (Å²) in [6, 6.07) is 16.3. The number of piperidine rings is 4. The van der Waals surface area contributed by atoms with E-state index in [1.165, 1.54) is 62.1 Å². The van der Waals surface area contributed by atoms with Gasteiger partial charge >= 0.3 is 17.8 Å². The predicted octanol–water partition coefficient (Wildman–Crippen LogP) is 10.8. The standard InChI is InChI=1S/C30H36F4N4O4.C25H29F4N5O3.C21H21F4N3O2/c1-18-14-20(5-7-23(18)31)35-27(41)19-4-6-24(32)22(15-19)30(33,34)28(42)38-13-10-25(29(2,3)17-38)36-26(40)16-37-11-8-21(39)9-12-37;1-14-11-15(5-6-16(14)26)31-22(36)18-8-7-17(27)21(32-18)25(28,29)23(37)34-10-9-19(24(2,3)13-34)33-20(35)12-30-4;1-12-11-14(3-4-16(12)22)26-20(30)18-6-5-17(23)19(27-18)21(24,25)13(2)28-9-7-15(29)8-10-28/h4-7,14-15,21,25,39H,8-13,16-17H2,1-3H3,(H,35,41)(H,36,40);5-8,11,19,30H,9-10,12-13H2,1-4H3,(H,31,36)(H,33,35);3-6,11,15,29H,2,7-10H2,1H3,(H,26,30). The number of rotatable bonds is 19. The molecule has 109 heavy (non-hydrogen) atoms. The number of aliphatic hydroxyl groups excluding tert-OH is 2. The number of benzene rings is 4. The first kappa shape index (κ1) is 84.6. The van der Waals surface area contributed by atoms with E-state index in [1.54, 1.807) is 34.7 Å². The lowest BCUT2D eigenvalue weighted by atomic mass is 9.78. The Morgan fingerprint density at radius 1 is 0.477 bits per heavy atom. The lowest BCUT2D eigenvalue weighted by Gasteiger charge is -2.45. The van der Waals surface area contributed by atoms with E-state index in [4.69, 9.17) is 0 Å². The molecule has 21 nitrogen and oxygen atoms in total. The highest BCUT2D eigenvalue weighted by Crippen LogP contribution is 2.41. The second-order valence-electron chi connectivity index (χ2n) is 28.7. The number of anilines is 3. The van der Waals surface area contributed by atoms with Crippen LogP contribution in [0.5, 0.6) is 0 Å². The molecule has 10 rings (SSSR count). The molecular formula is C76H86F12N12O9. The highest BCUT2D eigenvalue weighted by Gasteiger charge is 2.52. The second kappa shape index (κ2) is 35.1. The van der Waals surface area contributed by atoms with Crippen LogP contribution in [0.2, 0.25) is 0 Å². The summed E-state index contributed by atoms with van der Waals surface area (Å²) in [5.74, 6) is -24.3. The molecule has 2 aromatic heterocycles. The third kappa shape index (κ3) is 21.1. The van der Waals surface area contributed by atoms with Crippen LogP contribution in [-0.2, 0) is 36.9 Å². The lowest BCUT2D eigenvalue weighted by Crippen LogP contribution is -2.59. The van der Waals surface area contributed by atoms with E-state index in [-0.39, 0.29) is 135 Å². The fourth-order valence-electron chi connectivity index (χ4n) is 12.9. The topological polar surface area (TPSA) is 271 Å². The number of carbonyl (C=O) groups is 7. The average Bonchev–Trinajstić information content (AvgIpc) is 0.782. The quantitative estimate of drug-likeness (QED) is 0.0351. The van der Waals surface area contributed by atoms with Gasteiger partial charge in [0, 0.05) is 97.9 Å². The molecule has 0 aliphatic carbocycles. The van der Waals surface area contributed by atoms with Gasteiger partial charge in [-0.1, -0.05) is 34.3 Å². The zero-order valence-corrected chi connectivity index (χ0v) is 61.0. The van der Waals surface area contributed by atoms with E-state index in [1.807, 2.05) is 4.90 Å². The molecule has 4 fully saturated rings. The summed E-state index contributed by atoms with van der Waals surface area (Å²) in [6.45, 7) is 16.2. The summed E-state index contributed by atoms with van der Waals surface area (Å²) in [5, 5.41) is 35.0. The summed E-state index contributed by atoms with van der Waals surface area (Å²) in [7, 11) is 1.61. The van der Waals surface area contributed by atoms with Crippen molar-refractivity contribution in [3.05, 3.63) is 195 Å². The summed E-state index contributed by atoms with van der Waals surface area (Å²) in [4.78, 5) is 100. The average molecular weight is 1540 g/mol. The maximum absolute atomic E-state index is 15.5. The molecule has 2 unspecified atom stereocenters. The van der Waals surface area contributed by atoms with Crippen LogP contribution in [0.15, 0.2) is 109 Å². The van der Waals surface area contributed by atoms with Gasteiger partial charge in [-0.2, -0.15) is 26.3 Å². The molecule has 4 saturated heterocycles. The van der Waals surface area contributed by atoms with E-state index in [9.17, 15) is 78.9 Å². The first-order valence-corrected chi connectivity index (χ1v) is 34.9. The van der Waals surface area contributed by atoms with E-state index in [0.29, 0.717) is 57.0 Å². The Bertz CT molecular complexity index is 4380. The number of carbonyl (C=O) groups excluding carboxylic acids is 7. The van der Waals surface area contributed by atoms with Gasteiger partial charge in [0.05, 0.1) is 36.6 Å². The minimum Gasteiger partial charge on any atom is -0.393 e. The number of nitrogens with zero attached hydrogens (tertiary/aromatic N) is 6. The number of allylic oxidation sites excluding steroid dienone is 1. The van der Waals surface area contributed by atoms with Crippen molar-refractivity contribution in [2.75, 3.05) is 88.4 Å². The van der Waals surface area contributed by atoms with Crippen molar-refractivity contribution in [1.82, 2.24) is 45.5 Å². The van der Waals surface area contributed by atoms with Crippen molar-refractivity contribution in [2.45, 2.75) is 129 Å². The third-order valence-electron chi connectivity index (χ3n) is 19.3. The smallest absolute Gasteiger partial charge is 0.369 e. The number of likely N-dealkylation sites (N-methyl/N-ethyl adjacent to an activating group) is 1. The van der Waals surface area contributed by atoms with Gasteiger partial charge in [-0.25, -0.2) is 36.3 Å². The van der Waals surface area contributed by atoms with Crippen molar-refractivity contribution in [2.24, 2.45) is 10.8 Å². The summed E-state index contributed by atoms with van der Waals surface area (Å²) in [6.07, 6.45) is 1.29. The lowest BCUT2D eigenvalue weighted by molar-refractivity contribution is -0.164. The van der Waals surface area contributed by atoms with Gasteiger partial charge in [0.15, 0.2) is 23.0 Å². The SMILES string of the molecule is C=C(N1CCC(O)CC1)C(F)(F)c1nc(C(=O)Nc2ccc(F)c(C)c2)ccc1F.CNCC(=O)NC1CCN(C(=O)C(F)(F)c2nc(C(=O)Nc3ccc(F)c(C)c3)ccc2F)CC1(C)C.Cc1cc(NC(=O)c2ccc(F)c(C(F)(F)C(=O)N3CCC(NC(=O)CN4CCC(O)CC4)C(C)(C)C3)c2)ccc1F. The number of aliphatic hydroxyl groups is 2. The second-order valence-corrected chi connectivity index (χ2v) is 28.7. The van der Waals surface area contributed by atoms with Crippen LogP contribution < -0.4 is 31.9 Å². The normalized spacial score (nSPS) is 17.7. The van der Waals surface area contributed by atoms with E-state index in [0.717, 1.165) is 52.3 Å². The minimum absolute atomic E-state index is 0.0789. The highest BCUT2D eigenvalue weighted by atomic mass is 19.3. The van der Waals surface area contributed by atoms with E-state index < -0.39 is 133 Å². The highest BCUT2D eigenvalue weighted by molar-refractivity contribution is 6.05. The van der Waals surface area contributed by atoms with E-state index >= 15 is 17.6 Å². The molecule has 0 saturated carbocycles. The van der Waals surface area contributed by atoms with Crippen molar-refractivity contribution in [3.8, 4) is 0 Å². The van der Waals surface area contributed by atoms with Gasteiger partial charge in [0.1, 0.15) is 34.7 Å². The first-order chi connectivity index (χ1) is 51.0. The van der Waals surface area contributed by atoms with Crippen molar-refractivity contribution >= 4 is 58.4 Å². The maximum Gasteiger partial charge on any atom is 0.369 e. The molecule has 4 aromatic carbocycles. The van der Waals surface area contributed by atoms with Gasteiger partial charge in [-0.15, -0.1) is 0 Å². The molecule has 588 valence electrons. The molecule has 6 heterocycles. The number of likely N-dealkylation sites (tertiary alicyclic amines) is 4. The van der Waals surface area contributed by atoms with Gasteiger partial charge in [0.25, 0.3) is 29.5 Å². The first-order valence-electron chi connectivity index (χ1n) is 34.9. The number of pyridine rings is 2. The van der Waals surface area contributed by atoms with Crippen molar-refractivity contribution in [3.63, 3.8) is 0 Å². The summed E-state index contributed by atoms with van der Waals surface area (Å²) < 4.78 is 175. The summed E-state index contributed by atoms with van der Waals surface area (Å²) >= 11 is 0. The number of hydrogen-bond acceptors (Lipinski definition) is 14. The number of alkyl halides is 6. The molecular weight excluding hydrogens is 1450 g/mol. The molecule has 0 spiro atoms. The predicted molar refractivity (Wildman–Crippen MR) is 379 cm³/mol. The maximum atomic E-state index is 15.5. The van der Waals surface area contributed by atoms with Gasteiger partial charge in [-0.3, -0.25) is 38.5 Å². The molecule has 6 aromatic rings. The van der Waals surface area contributed by atoms with E-state index in [2.05, 4.69) is 48.4 Å². The van der Waals surface area contributed by atoms with Crippen LogP contribution in [0.4, 0.5) is 69.7 Å². The Balaban J connectivity index is 0.000000209. The number of nitrogens with one attached hydrogen (secondary N) is 6. The van der Waals surface area contributed by atoms with Gasteiger partial charge < -0.3 is 56.8 Å². The Hall–Kier alpha value is -9.99. The largest absolute Gasteiger partial charge is 0.393 e. The number of aromatic nitrogens is 2. The number of aryl methyl sites for hydroxylation is 3. The number of hydrogen-bond donors (Lipinski definition) is 8. The van der Waals surface area contributed by atoms with Crippen LogP contribution in [0, 0.1) is 66.5 Å². The monoisotopic (exact) mass is 1540 g/mol. The molecule has 4 aliphatic heterocycles. The van der Waals surface area contributed by atoms with Crippen LogP contribution in [-0.4, -0.2) is 178 Å². The zero-order valence-electron chi connectivity index (χ0n) is 61.0. The molecule has 33 heteroatoms. The Morgan fingerprint density at radius 3 is 1.28 bits per heavy atom. The van der Waals surface area contributed by atoms with Crippen LogP contribution in [0.25, 0.3) is 0 Å². The van der Waals surface area contributed by atoms with Crippen LogP contribution in [0.3, 0.4) is 0 Å². The number of amides is 7. The molecule has 0 bridgehead atoms. The molecule has 7 amide bonds. The number of halogens is 12. The Labute approximate surface area is 621 Å². The van der Waals surface area contributed by atoms with Crippen LogP contribution >= 0.6 is 0 Å². The van der Waals surface area contributed by atoms with Gasteiger partial charge in [-0.05, 0) is 180 Å². The fraction of sp³-hybridized carbons (Fsp3) is 0.434. The Kier molecular flexibility index (Phi) is 27.3. The molecule has 4 aliphatic rings. The third-order valence-corrected chi connectivity index (χ3v) is 19.3. The molecule has 8 N–H and O–H groups in total. The fourth-order valence-corrected chi connectivity index (χ4v) is 12.9. The van der Waals surface area contributed by atoms with Gasteiger partial charge in [0.2, 0.25) is 11.8 Å².